The summed E-state index contributed by atoms with van der Waals surface area (Å²) >= 11 is 1.58. The van der Waals surface area contributed by atoms with E-state index < -0.39 is 0 Å². The summed E-state index contributed by atoms with van der Waals surface area (Å²) < 4.78 is 0. The summed E-state index contributed by atoms with van der Waals surface area (Å²) in [5, 5.41) is 5.20. The average Bonchev–Trinajstić information content (AvgIpc) is 2.69. The van der Waals surface area contributed by atoms with Crippen molar-refractivity contribution in [3.05, 3.63) is 35.0 Å². The van der Waals surface area contributed by atoms with Crippen LogP contribution in [0.15, 0.2) is 29.4 Å². The van der Waals surface area contributed by atoms with E-state index >= 15 is 0 Å². The van der Waals surface area contributed by atoms with Gasteiger partial charge in [0.05, 0.1) is 35.3 Å². The Bertz CT molecular complexity index is 399. The lowest BCUT2D eigenvalue weighted by Gasteiger charge is -2.06. The van der Waals surface area contributed by atoms with Crippen LogP contribution in [0.25, 0.3) is 0 Å². The lowest BCUT2D eigenvalue weighted by atomic mass is 10.3. The number of nitrogen functional groups attached to an aromatic ring is 1. The highest BCUT2D eigenvalue weighted by Crippen LogP contribution is 2.16. The lowest BCUT2D eigenvalue weighted by molar-refractivity contribution is 1.07. The van der Waals surface area contributed by atoms with E-state index in [1.165, 1.54) is 0 Å². The van der Waals surface area contributed by atoms with Crippen LogP contribution in [0.4, 0.5) is 11.4 Å². The first kappa shape index (κ1) is 8.96. The molecule has 14 heavy (non-hydrogen) atoms. The van der Waals surface area contributed by atoms with Crippen LogP contribution < -0.4 is 11.1 Å². The first-order valence-corrected chi connectivity index (χ1v) is 5.11. The summed E-state index contributed by atoms with van der Waals surface area (Å²) in [7, 11) is 0. The van der Waals surface area contributed by atoms with Crippen molar-refractivity contribution in [1.82, 2.24) is 9.97 Å². The van der Waals surface area contributed by atoms with Gasteiger partial charge in [0, 0.05) is 11.6 Å². The molecule has 0 aliphatic carbocycles. The molecule has 0 atom stereocenters. The van der Waals surface area contributed by atoms with Gasteiger partial charge in [0.25, 0.3) is 0 Å². The Kier molecular flexibility index (Phi) is 2.60. The molecule has 2 aromatic heterocycles. The zero-order chi connectivity index (χ0) is 9.80. The Morgan fingerprint density at radius 3 is 3.14 bits per heavy atom. The molecule has 4 nitrogen and oxygen atoms in total. The fourth-order valence-corrected chi connectivity index (χ4v) is 1.64. The number of thiazole rings is 1. The molecule has 2 rings (SSSR count). The Labute approximate surface area is 85.8 Å². The number of hydrogen-bond acceptors (Lipinski definition) is 5. The molecule has 0 unspecified atom stereocenters. The van der Waals surface area contributed by atoms with Gasteiger partial charge in [-0.2, -0.15) is 0 Å². The van der Waals surface area contributed by atoms with E-state index in [4.69, 9.17) is 5.73 Å². The number of anilines is 2. The van der Waals surface area contributed by atoms with Crippen molar-refractivity contribution in [1.29, 1.82) is 0 Å². The highest BCUT2D eigenvalue weighted by molar-refractivity contribution is 7.07. The number of nitrogens with zero attached hydrogens (tertiary/aromatic N) is 2. The Morgan fingerprint density at radius 1 is 1.50 bits per heavy atom. The molecule has 0 saturated heterocycles. The minimum Gasteiger partial charge on any atom is -0.396 e. The molecule has 5 heteroatoms. The largest absolute Gasteiger partial charge is 0.396 e. The van der Waals surface area contributed by atoms with Crippen molar-refractivity contribution in [3.8, 4) is 0 Å². The van der Waals surface area contributed by atoms with Crippen molar-refractivity contribution in [2.24, 2.45) is 0 Å². The number of hydrogen-bond donors (Lipinski definition) is 2. The standard InChI is InChI=1S/C9H10N4S/c10-8-4-11-2-1-9(8)12-3-7-5-14-6-13-7/h1-2,4-6H,3,10H2,(H,11,12). The van der Waals surface area contributed by atoms with Crippen LogP contribution in [0.2, 0.25) is 0 Å². The smallest absolute Gasteiger partial charge is 0.0795 e. The second-order valence-corrected chi connectivity index (χ2v) is 3.51. The maximum atomic E-state index is 5.72. The zero-order valence-corrected chi connectivity index (χ0v) is 8.29. The van der Waals surface area contributed by atoms with Crippen molar-refractivity contribution in [2.75, 3.05) is 11.1 Å². The maximum Gasteiger partial charge on any atom is 0.0795 e. The van der Waals surface area contributed by atoms with E-state index in [0.29, 0.717) is 12.2 Å². The van der Waals surface area contributed by atoms with E-state index in [0.717, 1.165) is 11.4 Å². The van der Waals surface area contributed by atoms with Crippen molar-refractivity contribution >= 4 is 22.7 Å². The highest BCUT2D eigenvalue weighted by Gasteiger charge is 1.98. The highest BCUT2D eigenvalue weighted by atomic mass is 32.1. The minimum absolute atomic E-state index is 0.655. The van der Waals surface area contributed by atoms with Gasteiger partial charge in [-0.05, 0) is 6.07 Å². The summed E-state index contributed by atoms with van der Waals surface area (Å²) in [5.41, 5.74) is 10.1. The van der Waals surface area contributed by atoms with Crippen LogP contribution in [0.5, 0.6) is 0 Å². The number of aromatic nitrogens is 2. The summed E-state index contributed by atoms with van der Waals surface area (Å²) in [6, 6.07) is 1.85. The van der Waals surface area contributed by atoms with Crippen molar-refractivity contribution < 1.29 is 0 Å². The quantitative estimate of drug-likeness (QED) is 0.802. The van der Waals surface area contributed by atoms with E-state index in [-0.39, 0.29) is 0 Å². The van der Waals surface area contributed by atoms with Crippen LogP contribution in [-0.2, 0) is 6.54 Å². The summed E-state index contributed by atoms with van der Waals surface area (Å²) in [6.45, 7) is 0.692. The number of nitrogens with two attached hydrogens (primary N) is 1. The van der Waals surface area contributed by atoms with Gasteiger partial charge in [-0.1, -0.05) is 0 Å². The van der Waals surface area contributed by atoms with Gasteiger partial charge in [-0.25, -0.2) is 4.98 Å². The van der Waals surface area contributed by atoms with Crippen molar-refractivity contribution in [2.45, 2.75) is 6.54 Å². The van der Waals surface area contributed by atoms with Crippen LogP contribution >= 0.6 is 11.3 Å². The third-order valence-corrected chi connectivity index (χ3v) is 2.43. The average molecular weight is 206 g/mol. The molecule has 0 radical (unpaired) electrons. The van der Waals surface area contributed by atoms with Crippen LogP contribution in [0, 0.1) is 0 Å². The van der Waals surface area contributed by atoms with E-state index in [2.05, 4.69) is 15.3 Å². The Balaban J connectivity index is 2.02. The summed E-state index contributed by atoms with van der Waals surface area (Å²) in [6.07, 6.45) is 3.34. The van der Waals surface area contributed by atoms with Gasteiger partial charge in [-0.15, -0.1) is 11.3 Å². The molecular weight excluding hydrogens is 196 g/mol. The van der Waals surface area contributed by atoms with Gasteiger partial charge >= 0.3 is 0 Å². The molecule has 3 N–H and O–H groups in total. The molecule has 0 saturated carbocycles. The van der Waals surface area contributed by atoms with Gasteiger partial charge in [0.15, 0.2) is 0 Å². The molecule has 2 heterocycles. The molecule has 0 aliphatic rings. The van der Waals surface area contributed by atoms with E-state index in [9.17, 15) is 0 Å². The van der Waals surface area contributed by atoms with Gasteiger partial charge < -0.3 is 11.1 Å². The SMILES string of the molecule is Nc1cnccc1NCc1cscn1. The molecule has 0 amide bonds. The van der Waals surface area contributed by atoms with Crippen LogP contribution in [0.1, 0.15) is 5.69 Å². The molecule has 0 aliphatic heterocycles. The number of rotatable bonds is 3. The van der Waals surface area contributed by atoms with Crippen molar-refractivity contribution in [3.63, 3.8) is 0 Å². The normalized spacial score (nSPS) is 10.0. The molecule has 0 aromatic carbocycles. The number of pyridine rings is 1. The second-order valence-electron chi connectivity index (χ2n) is 2.80. The molecule has 72 valence electrons. The Hall–Kier alpha value is -1.62. The fraction of sp³-hybridized carbons (Fsp3) is 0.111. The molecule has 2 aromatic rings. The lowest BCUT2D eigenvalue weighted by Crippen LogP contribution is -2.02. The van der Waals surface area contributed by atoms with Crippen LogP contribution in [-0.4, -0.2) is 9.97 Å². The first-order valence-electron chi connectivity index (χ1n) is 4.16. The topological polar surface area (TPSA) is 63.8 Å². The van der Waals surface area contributed by atoms with Gasteiger partial charge in [0.1, 0.15) is 0 Å². The molecule has 0 bridgehead atoms. The zero-order valence-electron chi connectivity index (χ0n) is 7.47. The predicted molar refractivity (Wildman–Crippen MR) is 58.1 cm³/mol. The summed E-state index contributed by atoms with van der Waals surface area (Å²) in [4.78, 5) is 8.07. The van der Waals surface area contributed by atoms with Gasteiger partial charge in [0.2, 0.25) is 0 Å². The van der Waals surface area contributed by atoms with E-state index in [1.54, 1.807) is 23.7 Å². The monoisotopic (exact) mass is 206 g/mol. The molecule has 0 spiro atoms. The fourth-order valence-electron chi connectivity index (χ4n) is 1.08. The Morgan fingerprint density at radius 2 is 2.43 bits per heavy atom. The van der Waals surface area contributed by atoms with Crippen LogP contribution in [0.3, 0.4) is 0 Å². The molecule has 0 fully saturated rings. The molecular formula is C9H10N4S. The third kappa shape index (κ3) is 2.00. The number of nitrogens with one attached hydrogen (secondary N) is 1. The van der Waals surface area contributed by atoms with E-state index in [1.807, 2.05) is 17.0 Å². The first-order chi connectivity index (χ1) is 6.86. The minimum atomic E-state index is 0.655. The summed E-state index contributed by atoms with van der Waals surface area (Å²) in [5.74, 6) is 0. The maximum absolute atomic E-state index is 5.72. The van der Waals surface area contributed by atoms with Gasteiger partial charge in [-0.3, -0.25) is 4.98 Å². The third-order valence-electron chi connectivity index (χ3n) is 1.80. The second kappa shape index (κ2) is 4.06. The predicted octanol–water partition coefficient (Wildman–Crippen LogP) is 1.73.